The second kappa shape index (κ2) is 2.90. The van der Waals surface area contributed by atoms with Crippen LogP contribution in [0.3, 0.4) is 0 Å². The summed E-state index contributed by atoms with van der Waals surface area (Å²) >= 11 is 0. The fraction of sp³-hybridized carbons (Fsp3) is 0.667. The van der Waals surface area contributed by atoms with Crippen LogP contribution >= 0.6 is 0 Å². The maximum atomic E-state index is 5.85. The van der Waals surface area contributed by atoms with Gasteiger partial charge in [-0.25, -0.2) is 0 Å². The van der Waals surface area contributed by atoms with Crippen LogP contribution in [0.4, 0.5) is 0 Å². The smallest absolute Gasteiger partial charge is 0.0654 e. The van der Waals surface area contributed by atoms with E-state index in [1.165, 1.54) is 17.0 Å². The van der Waals surface area contributed by atoms with E-state index < -0.39 is 0 Å². The zero-order chi connectivity index (χ0) is 8.55. The first-order valence-corrected chi connectivity index (χ1v) is 4.61. The predicted molar refractivity (Wildman–Crippen MR) is 48.0 cm³/mol. The third-order valence-corrected chi connectivity index (χ3v) is 2.60. The van der Waals surface area contributed by atoms with Crippen molar-refractivity contribution in [1.29, 1.82) is 0 Å². The van der Waals surface area contributed by atoms with E-state index in [0.29, 0.717) is 6.04 Å². The second-order valence-corrected chi connectivity index (χ2v) is 3.48. The highest BCUT2D eigenvalue weighted by Gasteiger charge is 2.19. The monoisotopic (exact) mass is 165 g/mol. The lowest BCUT2D eigenvalue weighted by molar-refractivity contribution is 0.568. The van der Waals surface area contributed by atoms with Gasteiger partial charge in [-0.15, -0.1) is 0 Å². The lowest BCUT2D eigenvalue weighted by Gasteiger charge is -2.17. The van der Waals surface area contributed by atoms with Crippen LogP contribution < -0.4 is 5.73 Å². The molecule has 0 aromatic carbocycles. The standard InChI is InChI=1S/C9H15N3/c1-2-8-7-4-3-6(10)5-9(7)12-11-8/h6H,2-5,10H2,1H3,(H,11,12). The molecular weight excluding hydrogens is 150 g/mol. The van der Waals surface area contributed by atoms with Gasteiger partial charge < -0.3 is 5.73 Å². The van der Waals surface area contributed by atoms with Crippen molar-refractivity contribution in [3.63, 3.8) is 0 Å². The van der Waals surface area contributed by atoms with E-state index in [4.69, 9.17) is 5.73 Å². The molecule has 1 unspecified atom stereocenters. The highest BCUT2D eigenvalue weighted by atomic mass is 15.1. The maximum Gasteiger partial charge on any atom is 0.0654 e. The normalized spacial score (nSPS) is 22.3. The highest BCUT2D eigenvalue weighted by molar-refractivity contribution is 5.28. The number of hydrogen-bond acceptors (Lipinski definition) is 2. The van der Waals surface area contributed by atoms with Gasteiger partial charge in [0.1, 0.15) is 0 Å². The molecule has 0 saturated carbocycles. The zero-order valence-corrected chi connectivity index (χ0v) is 7.43. The topological polar surface area (TPSA) is 54.7 Å². The van der Waals surface area contributed by atoms with Crippen LogP contribution in [0.1, 0.15) is 30.3 Å². The Labute approximate surface area is 72.4 Å². The molecule has 1 aromatic heterocycles. The van der Waals surface area contributed by atoms with Crippen molar-refractivity contribution in [3.05, 3.63) is 17.0 Å². The number of nitrogens with one attached hydrogen (secondary N) is 1. The highest BCUT2D eigenvalue weighted by Crippen LogP contribution is 2.21. The molecule has 3 N–H and O–H groups in total. The van der Waals surface area contributed by atoms with E-state index >= 15 is 0 Å². The summed E-state index contributed by atoms with van der Waals surface area (Å²) < 4.78 is 0. The molecule has 0 saturated heterocycles. The molecule has 0 amide bonds. The number of aryl methyl sites for hydroxylation is 1. The summed E-state index contributed by atoms with van der Waals surface area (Å²) in [6.45, 7) is 2.14. The van der Waals surface area contributed by atoms with E-state index in [1.54, 1.807) is 0 Å². The number of H-pyrrole nitrogens is 1. The first-order chi connectivity index (χ1) is 5.81. The number of nitrogens with two attached hydrogens (primary N) is 1. The van der Waals surface area contributed by atoms with Gasteiger partial charge in [0.05, 0.1) is 5.69 Å². The van der Waals surface area contributed by atoms with E-state index in [0.717, 1.165) is 25.7 Å². The Morgan fingerprint density at radius 2 is 2.50 bits per heavy atom. The van der Waals surface area contributed by atoms with E-state index in [1.807, 2.05) is 0 Å². The van der Waals surface area contributed by atoms with Gasteiger partial charge in [0, 0.05) is 18.2 Å². The van der Waals surface area contributed by atoms with Crippen LogP contribution in [0, 0.1) is 0 Å². The Kier molecular flexibility index (Phi) is 1.89. The van der Waals surface area contributed by atoms with Crippen molar-refractivity contribution < 1.29 is 0 Å². The second-order valence-electron chi connectivity index (χ2n) is 3.48. The summed E-state index contributed by atoms with van der Waals surface area (Å²) in [5.41, 5.74) is 9.78. The van der Waals surface area contributed by atoms with Gasteiger partial charge in [0.25, 0.3) is 0 Å². The number of aromatic nitrogens is 2. The van der Waals surface area contributed by atoms with Crippen molar-refractivity contribution in [1.82, 2.24) is 10.2 Å². The van der Waals surface area contributed by atoms with Crippen LogP contribution in [-0.2, 0) is 19.3 Å². The van der Waals surface area contributed by atoms with Gasteiger partial charge in [0.15, 0.2) is 0 Å². The third kappa shape index (κ3) is 1.14. The molecule has 0 bridgehead atoms. The third-order valence-electron chi connectivity index (χ3n) is 2.60. The SMILES string of the molecule is CCc1n[nH]c2c1CCC(N)C2. The Hall–Kier alpha value is -0.830. The Bertz CT molecular complexity index is 277. The summed E-state index contributed by atoms with van der Waals surface area (Å²) in [7, 11) is 0. The Morgan fingerprint density at radius 1 is 1.67 bits per heavy atom. The molecule has 2 rings (SSSR count). The number of fused-ring (bicyclic) bond motifs is 1. The van der Waals surface area contributed by atoms with Crippen LogP contribution in [0.25, 0.3) is 0 Å². The summed E-state index contributed by atoms with van der Waals surface area (Å²) in [6, 6.07) is 0.336. The number of rotatable bonds is 1. The maximum absolute atomic E-state index is 5.85. The quantitative estimate of drug-likeness (QED) is 0.646. The molecule has 66 valence electrons. The molecule has 3 nitrogen and oxygen atoms in total. The first-order valence-electron chi connectivity index (χ1n) is 4.61. The molecule has 1 aliphatic carbocycles. The molecule has 1 aliphatic rings. The lowest BCUT2D eigenvalue weighted by Crippen LogP contribution is -2.27. The molecule has 0 fully saturated rings. The van der Waals surface area contributed by atoms with Crippen molar-refractivity contribution in [3.8, 4) is 0 Å². The van der Waals surface area contributed by atoms with Gasteiger partial charge in [-0.3, -0.25) is 5.10 Å². The molecule has 1 atom stereocenters. The van der Waals surface area contributed by atoms with Gasteiger partial charge in [-0.2, -0.15) is 5.10 Å². The van der Waals surface area contributed by atoms with Crippen molar-refractivity contribution in [2.24, 2.45) is 5.73 Å². The van der Waals surface area contributed by atoms with Crippen LogP contribution in [0.5, 0.6) is 0 Å². The molecule has 1 heterocycles. The molecule has 1 aromatic rings. The average Bonchev–Trinajstić information content (AvgIpc) is 2.46. The zero-order valence-electron chi connectivity index (χ0n) is 7.43. The minimum atomic E-state index is 0.336. The first kappa shape index (κ1) is 7.80. The molecule has 0 spiro atoms. The van der Waals surface area contributed by atoms with Gasteiger partial charge in [-0.05, 0) is 24.8 Å². The van der Waals surface area contributed by atoms with Crippen LogP contribution in [0.2, 0.25) is 0 Å². The number of nitrogens with zero attached hydrogens (tertiary/aromatic N) is 1. The average molecular weight is 165 g/mol. The lowest BCUT2D eigenvalue weighted by atomic mass is 9.92. The van der Waals surface area contributed by atoms with Crippen molar-refractivity contribution in [2.75, 3.05) is 0 Å². The number of aromatic amines is 1. The fourth-order valence-electron chi connectivity index (χ4n) is 1.89. The van der Waals surface area contributed by atoms with Gasteiger partial charge >= 0.3 is 0 Å². The van der Waals surface area contributed by atoms with Crippen LogP contribution in [0.15, 0.2) is 0 Å². The fourth-order valence-corrected chi connectivity index (χ4v) is 1.89. The molecule has 3 heteroatoms. The minimum Gasteiger partial charge on any atom is -0.327 e. The summed E-state index contributed by atoms with van der Waals surface area (Å²) in [5, 5.41) is 7.35. The molecule has 0 radical (unpaired) electrons. The molecule has 12 heavy (non-hydrogen) atoms. The molecule has 0 aliphatic heterocycles. The van der Waals surface area contributed by atoms with E-state index in [2.05, 4.69) is 17.1 Å². The Balaban J connectivity index is 2.32. The summed E-state index contributed by atoms with van der Waals surface area (Å²) in [6.07, 6.45) is 4.22. The summed E-state index contributed by atoms with van der Waals surface area (Å²) in [5.74, 6) is 0. The largest absolute Gasteiger partial charge is 0.327 e. The van der Waals surface area contributed by atoms with Gasteiger partial charge in [-0.1, -0.05) is 6.92 Å². The van der Waals surface area contributed by atoms with Crippen molar-refractivity contribution in [2.45, 2.75) is 38.6 Å². The van der Waals surface area contributed by atoms with E-state index in [9.17, 15) is 0 Å². The molecular formula is C9H15N3. The Morgan fingerprint density at radius 3 is 3.25 bits per heavy atom. The van der Waals surface area contributed by atoms with Crippen LogP contribution in [-0.4, -0.2) is 16.2 Å². The predicted octanol–water partition coefficient (Wildman–Crippen LogP) is 0.788. The summed E-state index contributed by atoms with van der Waals surface area (Å²) in [4.78, 5) is 0. The van der Waals surface area contributed by atoms with E-state index in [-0.39, 0.29) is 0 Å². The number of hydrogen-bond donors (Lipinski definition) is 2. The van der Waals surface area contributed by atoms with Gasteiger partial charge in [0.2, 0.25) is 0 Å². The minimum absolute atomic E-state index is 0.336. The van der Waals surface area contributed by atoms with Crippen molar-refractivity contribution >= 4 is 0 Å².